The lowest BCUT2D eigenvalue weighted by molar-refractivity contribution is -0.115. The summed E-state index contributed by atoms with van der Waals surface area (Å²) in [4.78, 5) is 16.4. The van der Waals surface area contributed by atoms with Crippen molar-refractivity contribution in [2.75, 3.05) is 10.6 Å². The third-order valence-electron chi connectivity index (χ3n) is 3.86. The van der Waals surface area contributed by atoms with Crippen LogP contribution in [0, 0.1) is 13.8 Å². The molecule has 2 N–H and O–H groups in total. The van der Waals surface area contributed by atoms with E-state index in [0.717, 1.165) is 16.9 Å². The molecule has 0 aliphatic heterocycles. The van der Waals surface area contributed by atoms with Gasteiger partial charge in [-0.2, -0.15) is 0 Å². The summed E-state index contributed by atoms with van der Waals surface area (Å²) in [7, 11) is 0. The number of aromatic nitrogens is 1. The van der Waals surface area contributed by atoms with E-state index in [9.17, 15) is 4.79 Å². The maximum atomic E-state index is 12.1. The Kier molecular flexibility index (Phi) is 5.09. The average Bonchev–Trinajstić information content (AvgIpc) is 2.61. The van der Waals surface area contributed by atoms with Crippen molar-refractivity contribution in [1.82, 2.24) is 4.98 Å². The predicted molar refractivity (Wildman–Crippen MR) is 102 cm³/mol. The number of carbonyl (C=O) groups excluding carboxylic acids is 1. The second-order valence-corrected chi connectivity index (χ2v) is 6.13. The molecule has 1 amide bonds. The Morgan fingerprint density at radius 2 is 1.44 bits per heavy atom. The van der Waals surface area contributed by atoms with Crippen molar-refractivity contribution in [1.29, 1.82) is 0 Å². The molecule has 0 unspecified atom stereocenters. The summed E-state index contributed by atoms with van der Waals surface area (Å²) in [5.74, 6) is 0.474. The quantitative estimate of drug-likeness (QED) is 0.717. The maximum absolute atomic E-state index is 12.1. The average molecular weight is 331 g/mol. The highest BCUT2D eigenvalue weighted by atomic mass is 16.1. The topological polar surface area (TPSA) is 54.0 Å². The first kappa shape index (κ1) is 16.7. The molecule has 0 saturated carbocycles. The maximum Gasteiger partial charge on any atom is 0.229 e. The number of nitrogens with one attached hydrogen (secondary N) is 2. The Balaban J connectivity index is 1.57. The van der Waals surface area contributed by atoms with Gasteiger partial charge in [0.1, 0.15) is 5.82 Å². The Hall–Kier alpha value is -3.14. The molecule has 1 aromatic heterocycles. The number of rotatable bonds is 5. The van der Waals surface area contributed by atoms with E-state index in [1.54, 1.807) is 12.3 Å². The van der Waals surface area contributed by atoms with Crippen molar-refractivity contribution in [3.63, 3.8) is 0 Å². The molecule has 0 radical (unpaired) electrons. The van der Waals surface area contributed by atoms with Crippen LogP contribution in [0.3, 0.4) is 0 Å². The molecule has 2 aromatic carbocycles. The van der Waals surface area contributed by atoms with Crippen LogP contribution in [0.2, 0.25) is 0 Å². The lowest BCUT2D eigenvalue weighted by Gasteiger charge is -2.08. The van der Waals surface area contributed by atoms with Crippen molar-refractivity contribution < 1.29 is 4.79 Å². The summed E-state index contributed by atoms with van der Waals surface area (Å²) in [6.45, 7) is 4.08. The zero-order chi connectivity index (χ0) is 17.6. The standard InChI is InChI=1S/C21H21N3O/c1-15-3-7-17(8-4-15)13-21(25)24-20-12-11-19(14-22-20)23-18-9-5-16(2)6-10-18/h3-12,14,23H,13H2,1-2H3,(H,22,24,25). The molecule has 0 spiro atoms. The van der Waals surface area contributed by atoms with E-state index in [-0.39, 0.29) is 5.91 Å². The minimum Gasteiger partial charge on any atom is -0.354 e. The van der Waals surface area contributed by atoms with Crippen LogP contribution in [0.25, 0.3) is 0 Å². The van der Waals surface area contributed by atoms with Gasteiger partial charge in [-0.1, -0.05) is 47.5 Å². The lowest BCUT2D eigenvalue weighted by atomic mass is 10.1. The Morgan fingerprint density at radius 3 is 2.04 bits per heavy atom. The molecule has 1 heterocycles. The Labute approximate surface area is 147 Å². The fourth-order valence-corrected chi connectivity index (χ4v) is 2.42. The third-order valence-corrected chi connectivity index (χ3v) is 3.86. The molecule has 0 saturated heterocycles. The van der Waals surface area contributed by atoms with Crippen LogP contribution in [0.5, 0.6) is 0 Å². The van der Waals surface area contributed by atoms with Gasteiger partial charge >= 0.3 is 0 Å². The van der Waals surface area contributed by atoms with Gasteiger partial charge in [-0.25, -0.2) is 4.98 Å². The van der Waals surface area contributed by atoms with Gasteiger partial charge in [-0.15, -0.1) is 0 Å². The minimum absolute atomic E-state index is 0.0735. The molecule has 0 atom stereocenters. The first-order chi connectivity index (χ1) is 12.1. The molecule has 3 rings (SSSR count). The van der Waals surface area contributed by atoms with Gasteiger partial charge in [0, 0.05) is 5.69 Å². The van der Waals surface area contributed by atoms with E-state index >= 15 is 0 Å². The number of anilines is 3. The van der Waals surface area contributed by atoms with Gasteiger partial charge in [0.05, 0.1) is 18.3 Å². The largest absolute Gasteiger partial charge is 0.354 e. The van der Waals surface area contributed by atoms with Crippen LogP contribution in [0.4, 0.5) is 17.2 Å². The summed E-state index contributed by atoms with van der Waals surface area (Å²) in [5.41, 5.74) is 5.27. The van der Waals surface area contributed by atoms with Crippen LogP contribution >= 0.6 is 0 Å². The van der Waals surface area contributed by atoms with Gasteiger partial charge < -0.3 is 10.6 Å². The fourth-order valence-electron chi connectivity index (χ4n) is 2.42. The van der Waals surface area contributed by atoms with Crippen molar-refractivity contribution in [3.05, 3.63) is 83.6 Å². The molecule has 4 nitrogen and oxygen atoms in total. The molecule has 0 aliphatic carbocycles. The van der Waals surface area contributed by atoms with E-state index < -0.39 is 0 Å². The SMILES string of the molecule is Cc1ccc(CC(=O)Nc2ccc(Nc3ccc(C)cc3)cn2)cc1. The minimum atomic E-state index is -0.0735. The van der Waals surface area contributed by atoms with E-state index in [2.05, 4.69) is 34.7 Å². The normalized spacial score (nSPS) is 10.3. The number of amides is 1. The first-order valence-electron chi connectivity index (χ1n) is 8.24. The van der Waals surface area contributed by atoms with E-state index in [1.165, 1.54) is 11.1 Å². The number of benzene rings is 2. The summed E-state index contributed by atoms with van der Waals surface area (Å²) < 4.78 is 0. The highest BCUT2D eigenvalue weighted by Gasteiger charge is 2.05. The van der Waals surface area contributed by atoms with Gasteiger partial charge in [0.15, 0.2) is 0 Å². The zero-order valence-electron chi connectivity index (χ0n) is 14.4. The number of pyridine rings is 1. The Bertz CT molecular complexity index is 838. The molecule has 126 valence electrons. The summed E-state index contributed by atoms with van der Waals surface area (Å²) in [6, 6.07) is 19.8. The van der Waals surface area contributed by atoms with Crippen LogP contribution in [0.15, 0.2) is 66.9 Å². The van der Waals surface area contributed by atoms with E-state index in [0.29, 0.717) is 12.2 Å². The number of aryl methyl sites for hydroxylation is 2. The second-order valence-electron chi connectivity index (χ2n) is 6.13. The van der Waals surface area contributed by atoms with Crippen LogP contribution in [-0.2, 0) is 11.2 Å². The van der Waals surface area contributed by atoms with E-state index in [4.69, 9.17) is 0 Å². The van der Waals surface area contributed by atoms with Crippen molar-refractivity contribution in [3.8, 4) is 0 Å². The number of nitrogens with zero attached hydrogens (tertiary/aromatic N) is 1. The smallest absolute Gasteiger partial charge is 0.229 e. The van der Waals surface area contributed by atoms with Crippen LogP contribution in [-0.4, -0.2) is 10.9 Å². The van der Waals surface area contributed by atoms with Gasteiger partial charge in [-0.05, 0) is 43.7 Å². The van der Waals surface area contributed by atoms with Gasteiger partial charge in [0.25, 0.3) is 0 Å². The number of hydrogen-bond acceptors (Lipinski definition) is 3. The summed E-state index contributed by atoms with van der Waals surface area (Å²) in [5, 5.41) is 6.11. The molecule has 3 aromatic rings. The molecule has 25 heavy (non-hydrogen) atoms. The van der Waals surface area contributed by atoms with E-state index in [1.807, 2.05) is 49.4 Å². The van der Waals surface area contributed by atoms with Gasteiger partial charge in [-0.3, -0.25) is 4.79 Å². The second kappa shape index (κ2) is 7.62. The molecular weight excluding hydrogens is 310 g/mol. The highest BCUT2D eigenvalue weighted by molar-refractivity contribution is 5.91. The number of hydrogen-bond donors (Lipinski definition) is 2. The monoisotopic (exact) mass is 331 g/mol. The van der Waals surface area contributed by atoms with Crippen molar-refractivity contribution in [2.24, 2.45) is 0 Å². The summed E-state index contributed by atoms with van der Waals surface area (Å²) >= 11 is 0. The molecule has 0 aliphatic rings. The summed E-state index contributed by atoms with van der Waals surface area (Å²) in [6.07, 6.45) is 2.05. The molecular formula is C21H21N3O. The molecule has 0 bridgehead atoms. The van der Waals surface area contributed by atoms with Crippen molar-refractivity contribution in [2.45, 2.75) is 20.3 Å². The molecule has 4 heteroatoms. The zero-order valence-corrected chi connectivity index (χ0v) is 14.4. The molecule has 0 fully saturated rings. The predicted octanol–water partition coefficient (Wildman–Crippen LogP) is 4.62. The van der Waals surface area contributed by atoms with Gasteiger partial charge in [0.2, 0.25) is 5.91 Å². The van der Waals surface area contributed by atoms with Crippen LogP contribution in [0.1, 0.15) is 16.7 Å². The highest BCUT2D eigenvalue weighted by Crippen LogP contribution is 2.17. The fraction of sp³-hybridized carbons (Fsp3) is 0.143. The third kappa shape index (κ3) is 4.91. The first-order valence-corrected chi connectivity index (χ1v) is 8.24. The van der Waals surface area contributed by atoms with Crippen LogP contribution < -0.4 is 10.6 Å². The lowest BCUT2D eigenvalue weighted by Crippen LogP contribution is -2.15. The number of carbonyl (C=O) groups is 1. The van der Waals surface area contributed by atoms with Crippen molar-refractivity contribution >= 4 is 23.1 Å². The Morgan fingerprint density at radius 1 is 0.840 bits per heavy atom.